The van der Waals surface area contributed by atoms with Crippen molar-refractivity contribution in [1.82, 2.24) is 9.88 Å². The molecule has 0 bridgehead atoms. The zero-order valence-electron chi connectivity index (χ0n) is 25.4. The number of anilines is 2. The third kappa shape index (κ3) is 8.12. The molecule has 4 aromatic rings. The van der Waals surface area contributed by atoms with Gasteiger partial charge in [-0.25, -0.2) is 9.59 Å². The molecule has 0 radical (unpaired) electrons. The van der Waals surface area contributed by atoms with Gasteiger partial charge in [0.05, 0.1) is 18.0 Å². The monoisotopic (exact) mass is 586 g/mol. The van der Waals surface area contributed by atoms with Gasteiger partial charge in [0, 0.05) is 25.2 Å². The first-order valence-corrected chi connectivity index (χ1v) is 14.1. The van der Waals surface area contributed by atoms with Crippen molar-refractivity contribution in [3.63, 3.8) is 0 Å². The van der Waals surface area contributed by atoms with Crippen molar-refractivity contribution in [3.05, 3.63) is 93.8 Å². The van der Waals surface area contributed by atoms with Crippen LogP contribution in [0.2, 0.25) is 0 Å². The Morgan fingerprint density at radius 1 is 1.00 bits per heavy atom. The number of carbonyl (C=O) groups is 2. The smallest absolute Gasteiger partial charge is 0.412 e. The lowest BCUT2D eigenvalue weighted by molar-refractivity contribution is -0.132. The summed E-state index contributed by atoms with van der Waals surface area (Å²) in [5.74, 6) is 0.539. The average Bonchev–Trinajstić information content (AvgIpc) is 2.96. The maximum Gasteiger partial charge on any atom is 0.412 e. The number of ether oxygens (including phenoxy) is 2. The fourth-order valence-electron chi connectivity index (χ4n) is 4.65. The number of likely N-dealkylation sites (N-methyl/N-ethyl adjacent to an activating group) is 1. The van der Waals surface area contributed by atoms with Crippen molar-refractivity contribution in [1.29, 1.82) is 0 Å². The standard InChI is InChI=1S/C33H38N4O6/c1-7-37(20-23-11-9-8-10-12-23)29(38)27(19-22-13-15-24(41-6)16-14-22)35-31-34-26-18-17-25(21(2)28(26)30(39)42-31)36-32(40)43-33(3,4)5/h8-18,27H,7,19-20H2,1-6H3,(H,34,35)(H,36,40). The molecule has 1 unspecified atom stereocenters. The van der Waals surface area contributed by atoms with Crippen molar-refractivity contribution < 1.29 is 23.5 Å². The van der Waals surface area contributed by atoms with Gasteiger partial charge in [-0.05, 0) is 75.6 Å². The number of methoxy groups -OCH3 is 1. The number of nitrogens with one attached hydrogen (secondary N) is 2. The highest BCUT2D eigenvalue weighted by molar-refractivity contribution is 5.93. The topological polar surface area (TPSA) is 123 Å². The Kier molecular flexibility index (Phi) is 9.70. The van der Waals surface area contributed by atoms with Gasteiger partial charge in [-0.2, -0.15) is 4.98 Å². The second-order valence-corrected chi connectivity index (χ2v) is 11.2. The number of hydrogen-bond acceptors (Lipinski definition) is 8. The van der Waals surface area contributed by atoms with E-state index in [1.165, 1.54) is 0 Å². The molecule has 2 amide bonds. The lowest BCUT2D eigenvalue weighted by Crippen LogP contribution is -2.44. The molecule has 2 N–H and O–H groups in total. The van der Waals surface area contributed by atoms with Crippen LogP contribution in [-0.2, 0) is 22.5 Å². The number of rotatable bonds is 10. The number of aromatic nitrogens is 1. The number of amides is 2. The number of carbonyl (C=O) groups excluding carboxylic acids is 2. The largest absolute Gasteiger partial charge is 0.497 e. The summed E-state index contributed by atoms with van der Waals surface area (Å²) in [5, 5.41) is 5.99. The number of benzene rings is 3. The number of fused-ring (bicyclic) bond motifs is 1. The second-order valence-electron chi connectivity index (χ2n) is 11.2. The van der Waals surface area contributed by atoms with E-state index in [9.17, 15) is 14.4 Å². The minimum absolute atomic E-state index is 0.0765. The van der Waals surface area contributed by atoms with Crippen LogP contribution in [0.1, 0.15) is 44.4 Å². The molecule has 0 fully saturated rings. The first-order valence-electron chi connectivity index (χ1n) is 14.1. The van der Waals surface area contributed by atoms with E-state index in [-0.39, 0.29) is 17.3 Å². The summed E-state index contributed by atoms with van der Waals surface area (Å²) in [6.45, 7) is 9.82. The average molecular weight is 587 g/mol. The Labute approximate surface area is 251 Å². The molecule has 0 saturated heterocycles. The van der Waals surface area contributed by atoms with E-state index in [1.54, 1.807) is 51.8 Å². The van der Waals surface area contributed by atoms with Crippen LogP contribution in [0.15, 0.2) is 75.9 Å². The van der Waals surface area contributed by atoms with E-state index in [1.807, 2.05) is 61.5 Å². The summed E-state index contributed by atoms with van der Waals surface area (Å²) in [6.07, 6.45) is -0.323. The molecule has 3 aromatic carbocycles. The predicted molar refractivity (Wildman–Crippen MR) is 167 cm³/mol. The highest BCUT2D eigenvalue weighted by atomic mass is 16.6. The molecule has 43 heavy (non-hydrogen) atoms. The molecule has 1 aromatic heterocycles. The van der Waals surface area contributed by atoms with E-state index in [2.05, 4.69) is 15.6 Å². The SMILES string of the molecule is CCN(Cc1ccccc1)C(=O)C(Cc1ccc(OC)cc1)Nc1nc2ccc(NC(=O)OC(C)(C)C)c(C)c2c(=O)o1. The first kappa shape index (κ1) is 31.1. The fraction of sp³-hybridized carbons (Fsp3) is 0.333. The Morgan fingerprint density at radius 3 is 2.33 bits per heavy atom. The number of hydrogen-bond donors (Lipinski definition) is 2. The Balaban J connectivity index is 1.64. The van der Waals surface area contributed by atoms with Gasteiger partial charge < -0.3 is 24.1 Å². The fourth-order valence-corrected chi connectivity index (χ4v) is 4.65. The lowest BCUT2D eigenvalue weighted by atomic mass is 10.0. The molecule has 10 heteroatoms. The van der Waals surface area contributed by atoms with E-state index in [4.69, 9.17) is 13.9 Å². The van der Waals surface area contributed by atoms with Gasteiger partial charge in [0.1, 0.15) is 17.4 Å². The summed E-state index contributed by atoms with van der Waals surface area (Å²) in [4.78, 5) is 45.7. The van der Waals surface area contributed by atoms with E-state index in [0.29, 0.717) is 42.0 Å². The van der Waals surface area contributed by atoms with Crippen LogP contribution in [0.4, 0.5) is 16.5 Å². The molecule has 0 saturated carbocycles. The summed E-state index contributed by atoms with van der Waals surface area (Å²) in [5.41, 5.74) is 1.82. The Hall–Kier alpha value is -4.86. The summed E-state index contributed by atoms with van der Waals surface area (Å²) in [7, 11) is 1.59. The molecule has 0 spiro atoms. The van der Waals surface area contributed by atoms with Crippen LogP contribution < -0.4 is 21.0 Å². The quantitative estimate of drug-likeness (QED) is 0.235. The maximum atomic E-state index is 13.9. The van der Waals surface area contributed by atoms with Gasteiger partial charge in [0.2, 0.25) is 5.91 Å². The highest BCUT2D eigenvalue weighted by Crippen LogP contribution is 2.25. The Bertz CT molecular complexity index is 1630. The van der Waals surface area contributed by atoms with Gasteiger partial charge in [0.25, 0.3) is 6.01 Å². The van der Waals surface area contributed by atoms with Gasteiger partial charge in [-0.3, -0.25) is 10.1 Å². The number of aryl methyl sites for hydroxylation is 1. The predicted octanol–water partition coefficient (Wildman–Crippen LogP) is 5.92. The van der Waals surface area contributed by atoms with Gasteiger partial charge in [-0.15, -0.1) is 0 Å². The molecule has 4 rings (SSSR count). The van der Waals surface area contributed by atoms with Crippen LogP contribution in [-0.4, -0.2) is 47.2 Å². The van der Waals surface area contributed by atoms with Crippen molar-refractivity contribution in [2.75, 3.05) is 24.3 Å². The molecule has 226 valence electrons. The molecular weight excluding hydrogens is 548 g/mol. The van der Waals surface area contributed by atoms with Crippen molar-refractivity contribution in [3.8, 4) is 5.75 Å². The molecule has 1 atom stereocenters. The first-order chi connectivity index (χ1) is 20.5. The third-order valence-electron chi connectivity index (χ3n) is 6.80. The lowest BCUT2D eigenvalue weighted by Gasteiger charge is -2.27. The maximum absolute atomic E-state index is 13.9. The van der Waals surface area contributed by atoms with Crippen molar-refractivity contribution in [2.45, 2.75) is 59.2 Å². The van der Waals surface area contributed by atoms with Gasteiger partial charge >= 0.3 is 11.7 Å². The van der Waals surface area contributed by atoms with Crippen LogP contribution >= 0.6 is 0 Å². The van der Waals surface area contributed by atoms with E-state index in [0.717, 1.165) is 11.1 Å². The molecule has 10 nitrogen and oxygen atoms in total. The van der Waals surface area contributed by atoms with E-state index >= 15 is 0 Å². The van der Waals surface area contributed by atoms with Gasteiger partial charge in [0.15, 0.2) is 0 Å². The van der Waals surface area contributed by atoms with Crippen molar-refractivity contribution >= 4 is 34.6 Å². The molecule has 0 aliphatic heterocycles. The van der Waals surface area contributed by atoms with Gasteiger partial charge in [-0.1, -0.05) is 42.5 Å². The van der Waals surface area contributed by atoms with Crippen LogP contribution in [0.25, 0.3) is 10.9 Å². The molecule has 0 aliphatic carbocycles. The summed E-state index contributed by atoms with van der Waals surface area (Å²) in [6, 6.07) is 19.6. The minimum Gasteiger partial charge on any atom is -0.497 e. The zero-order valence-corrected chi connectivity index (χ0v) is 25.4. The third-order valence-corrected chi connectivity index (χ3v) is 6.80. The van der Waals surface area contributed by atoms with Crippen LogP contribution in [0, 0.1) is 6.92 Å². The highest BCUT2D eigenvalue weighted by Gasteiger charge is 2.26. The molecule has 0 aliphatic rings. The normalized spacial score (nSPS) is 12.0. The van der Waals surface area contributed by atoms with Crippen LogP contribution in [0.3, 0.4) is 0 Å². The number of nitrogens with zero attached hydrogens (tertiary/aromatic N) is 2. The minimum atomic E-state index is -0.778. The van der Waals surface area contributed by atoms with Crippen molar-refractivity contribution in [2.24, 2.45) is 0 Å². The summed E-state index contributed by atoms with van der Waals surface area (Å²) < 4.78 is 16.2. The Morgan fingerprint density at radius 2 is 1.70 bits per heavy atom. The molecular formula is C33H38N4O6. The van der Waals surface area contributed by atoms with Crippen LogP contribution in [0.5, 0.6) is 5.75 Å². The zero-order chi connectivity index (χ0) is 31.1. The van der Waals surface area contributed by atoms with E-state index < -0.39 is 23.4 Å². The summed E-state index contributed by atoms with van der Waals surface area (Å²) >= 11 is 0. The second kappa shape index (κ2) is 13.4. The molecule has 1 heterocycles.